The van der Waals surface area contributed by atoms with Gasteiger partial charge in [0, 0.05) is 22.5 Å². The van der Waals surface area contributed by atoms with Crippen LogP contribution in [0.25, 0.3) is 22.3 Å². The van der Waals surface area contributed by atoms with Gasteiger partial charge in [-0.15, -0.1) is 0 Å². The van der Waals surface area contributed by atoms with Crippen LogP contribution in [0.2, 0.25) is 0 Å². The SMILES string of the molecule is CC(C)(C)c1ccc(C2(C)c3ccccc3-c3ccc(N(c4ccc(-c5c(C6CCCCCCC6)cc(C6CCCCCCC6)cc5C5CCCCCCC5)cc4)c4ccc(C5CCCCC5)cc4)cc32)cc1. The van der Waals surface area contributed by atoms with Gasteiger partial charge >= 0.3 is 0 Å². The summed E-state index contributed by atoms with van der Waals surface area (Å²) in [5.41, 5.74) is 21.5. The molecule has 6 aromatic rings. The van der Waals surface area contributed by atoms with Crippen molar-refractivity contribution in [2.24, 2.45) is 0 Å². The molecule has 0 aliphatic heterocycles. The van der Waals surface area contributed by atoms with Gasteiger partial charge in [0.15, 0.2) is 0 Å². The van der Waals surface area contributed by atoms with Crippen molar-refractivity contribution in [3.63, 3.8) is 0 Å². The summed E-state index contributed by atoms with van der Waals surface area (Å²) in [7, 11) is 0. The predicted octanol–water partition coefficient (Wildman–Crippen LogP) is 22.0. The monoisotopic (exact) mass is 968 g/mol. The van der Waals surface area contributed by atoms with E-state index in [1.807, 2.05) is 0 Å². The summed E-state index contributed by atoms with van der Waals surface area (Å²) in [6.07, 6.45) is 35.8. The van der Waals surface area contributed by atoms with E-state index in [9.17, 15) is 0 Å². The summed E-state index contributed by atoms with van der Waals surface area (Å²) in [6.45, 7) is 9.45. The van der Waals surface area contributed by atoms with Crippen LogP contribution in [0.15, 0.2) is 127 Å². The lowest BCUT2D eigenvalue weighted by atomic mass is 9.73. The van der Waals surface area contributed by atoms with Gasteiger partial charge in [-0.1, -0.05) is 227 Å². The Morgan fingerprint density at radius 3 is 1.33 bits per heavy atom. The average Bonchev–Trinajstić information content (AvgIpc) is 3.64. The number of nitrogens with zero attached hydrogens (tertiary/aromatic N) is 1. The molecule has 1 unspecified atom stereocenters. The zero-order valence-corrected chi connectivity index (χ0v) is 45.8. The molecule has 0 radical (unpaired) electrons. The highest BCUT2D eigenvalue weighted by Gasteiger charge is 2.41. The summed E-state index contributed by atoms with van der Waals surface area (Å²) < 4.78 is 0. The van der Waals surface area contributed by atoms with Crippen LogP contribution in [0.3, 0.4) is 0 Å². The summed E-state index contributed by atoms with van der Waals surface area (Å²) in [5.74, 6) is 2.67. The molecule has 5 aliphatic carbocycles. The van der Waals surface area contributed by atoms with Crippen LogP contribution in [0.5, 0.6) is 0 Å². The molecule has 382 valence electrons. The molecule has 1 atom stereocenters. The average molecular weight is 969 g/mol. The maximum Gasteiger partial charge on any atom is 0.0465 e. The van der Waals surface area contributed by atoms with Gasteiger partial charge in [-0.3, -0.25) is 0 Å². The number of hydrogen-bond donors (Lipinski definition) is 0. The van der Waals surface area contributed by atoms with E-state index in [2.05, 4.69) is 160 Å². The van der Waals surface area contributed by atoms with Crippen LogP contribution >= 0.6 is 0 Å². The van der Waals surface area contributed by atoms with Crippen LogP contribution in [0, 0.1) is 0 Å². The number of rotatable bonds is 9. The smallest absolute Gasteiger partial charge is 0.0465 e. The molecule has 4 saturated carbocycles. The first-order valence-corrected chi connectivity index (χ1v) is 30.3. The Kier molecular flexibility index (Phi) is 15.5. The minimum absolute atomic E-state index is 0.102. The van der Waals surface area contributed by atoms with Crippen molar-refractivity contribution < 1.29 is 0 Å². The van der Waals surface area contributed by atoms with Crippen LogP contribution in [0.4, 0.5) is 17.1 Å². The summed E-state index contributed by atoms with van der Waals surface area (Å²) >= 11 is 0. The lowest BCUT2D eigenvalue weighted by molar-refractivity contribution is 0.442. The third kappa shape index (κ3) is 10.7. The fourth-order valence-corrected chi connectivity index (χ4v) is 15.0. The van der Waals surface area contributed by atoms with Crippen LogP contribution < -0.4 is 4.90 Å². The summed E-state index contributed by atoms with van der Waals surface area (Å²) in [4.78, 5) is 2.59. The number of benzene rings is 6. The second kappa shape index (κ2) is 22.5. The predicted molar refractivity (Wildman–Crippen MR) is 314 cm³/mol. The van der Waals surface area contributed by atoms with E-state index >= 15 is 0 Å². The maximum atomic E-state index is 2.82. The van der Waals surface area contributed by atoms with Gasteiger partial charge in [-0.2, -0.15) is 0 Å². The van der Waals surface area contributed by atoms with E-state index in [0.29, 0.717) is 23.7 Å². The fourth-order valence-electron chi connectivity index (χ4n) is 15.0. The molecule has 0 bridgehead atoms. The lowest BCUT2D eigenvalue weighted by Crippen LogP contribution is -2.23. The van der Waals surface area contributed by atoms with Gasteiger partial charge in [0.1, 0.15) is 0 Å². The van der Waals surface area contributed by atoms with Gasteiger partial charge in [0.25, 0.3) is 0 Å². The molecule has 11 rings (SSSR count). The van der Waals surface area contributed by atoms with Gasteiger partial charge in [0.05, 0.1) is 0 Å². The molecular formula is C72H89N. The molecule has 0 amide bonds. The highest BCUT2D eigenvalue weighted by Crippen LogP contribution is 2.55. The maximum absolute atomic E-state index is 2.82. The van der Waals surface area contributed by atoms with Gasteiger partial charge in [-0.05, 0) is 191 Å². The molecule has 1 heteroatoms. The molecule has 1 nitrogen and oxygen atoms in total. The van der Waals surface area contributed by atoms with Crippen molar-refractivity contribution in [2.75, 3.05) is 4.90 Å². The van der Waals surface area contributed by atoms with E-state index in [1.165, 1.54) is 229 Å². The first kappa shape index (κ1) is 50.3. The first-order valence-electron chi connectivity index (χ1n) is 30.3. The van der Waals surface area contributed by atoms with Crippen LogP contribution in [-0.2, 0) is 10.8 Å². The Bertz CT molecular complexity index is 2690. The Morgan fingerprint density at radius 2 is 0.808 bits per heavy atom. The number of anilines is 3. The normalized spacial score (nSPS) is 21.2. The second-order valence-corrected chi connectivity index (χ2v) is 25.2. The van der Waals surface area contributed by atoms with E-state index < -0.39 is 0 Å². The second-order valence-electron chi connectivity index (χ2n) is 25.2. The number of hydrogen-bond acceptors (Lipinski definition) is 1. The van der Waals surface area contributed by atoms with E-state index in [4.69, 9.17) is 0 Å². The van der Waals surface area contributed by atoms with Crippen molar-refractivity contribution in [2.45, 2.75) is 229 Å². The quantitative estimate of drug-likeness (QED) is 0.140. The largest absolute Gasteiger partial charge is 0.310 e. The lowest BCUT2D eigenvalue weighted by Gasteiger charge is -2.32. The summed E-state index contributed by atoms with van der Waals surface area (Å²) in [5, 5.41) is 0. The molecule has 73 heavy (non-hydrogen) atoms. The van der Waals surface area contributed by atoms with Crippen molar-refractivity contribution in [1.82, 2.24) is 0 Å². The van der Waals surface area contributed by atoms with Gasteiger partial charge in [0.2, 0.25) is 0 Å². The molecule has 5 aliphatic rings. The fraction of sp³-hybridized carbons (Fsp3) is 0.500. The van der Waals surface area contributed by atoms with Crippen molar-refractivity contribution in [1.29, 1.82) is 0 Å². The topological polar surface area (TPSA) is 3.24 Å². The van der Waals surface area contributed by atoms with Crippen molar-refractivity contribution >= 4 is 17.1 Å². The zero-order valence-electron chi connectivity index (χ0n) is 45.8. The highest BCUT2D eigenvalue weighted by molar-refractivity contribution is 5.88. The zero-order chi connectivity index (χ0) is 49.8. The molecule has 4 fully saturated rings. The Balaban J connectivity index is 1.05. The van der Waals surface area contributed by atoms with Crippen molar-refractivity contribution in [3.8, 4) is 22.3 Å². The highest BCUT2D eigenvalue weighted by atomic mass is 15.1. The van der Waals surface area contributed by atoms with Crippen LogP contribution in [0.1, 0.15) is 263 Å². The van der Waals surface area contributed by atoms with E-state index in [-0.39, 0.29) is 10.8 Å². The van der Waals surface area contributed by atoms with Crippen LogP contribution in [-0.4, -0.2) is 0 Å². The van der Waals surface area contributed by atoms with Gasteiger partial charge in [-0.25, -0.2) is 0 Å². The molecule has 0 aromatic heterocycles. The van der Waals surface area contributed by atoms with E-state index in [1.54, 1.807) is 22.3 Å². The minimum atomic E-state index is -0.290. The van der Waals surface area contributed by atoms with Gasteiger partial charge < -0.3 is 4.90 Å². The third-order valence-corrected chi connectivity index (χ3v) is 19.4. The minimum Gasteiger partial charge on any atom is -0.310 e. The molecule has 0 spiro atoms. The molecule has 0 saturated heterocycles. The standard InChI is InChI=1S/C72H89N/c1-71(2,3)59-39-41-60(42-40-59)72(4)68-34-24-23-33-64(68)65-48-47-63(51-69(65)72)73(61-43-35-54(36-44-61)52-25-21-14-22-26-52)62-45-37-57(38-46-62)70-66(55-29-17-10-6-11-18-30-55)49-58(53-27-15-8-5-9-16-28-53)50-67(70)56-31-19-12-7-13-20-32-56/h23-24,33-53,55-56H,5-22,25-32H2,1-4H3. The Hall–Kier alpha value is -4.88. The Labute approximate surface area is 443 Å². The number of fused-ring (bicyclic) bond motifs is 3. The first-order chi connectivity index (χ1) is 35.7. The molecule has 0 N–H and O–H groups in total. The van der Waals surface area contributed by atoms with E-state index in [0.717, 1.165) is 0 Å². The summed E-state index contributed by atoms with van der Waals surface area (Å²) in [6, 6.07) is 51.8. The third-order valence-electron chi connectivity index (χ3n) is 19.4. The Morgan fingerprint density at radius 1 is 0.384 bits per heavy atom. The van der Waals surface area contributed by atoms with Crippen molar-refractivity contribution in [3.05, 3.63) is 172 Å². The molecule has 0 heterocycles. The molecular weight excluding hydrogens is 879 g/mol. The molecule has 6 aromatic carbocycles.